The highest BCUT2D eigenvalue weighted by Gasteiger charge is 2.31. The molecule has 3 rings (SSSR count). The fraction of sp³-hybridized carbons (Fsp3) is 0.706. The summed E-state index contributed by atoms with van der Waals surface area (Å²) in [7, 11) is 2.09. The third-order valence-electron chi connectivity index (χ3n) is 4.72. The zero-order valence-electron chi connectivity index (χ0n) is 14.1. The number of carbonyl (C=O) groups is 1. The molecule has 1 amide bonds. The van der Waals surface area contributed by atoms with Gasteiger partial charge >= 0.3 is 0 Å². The number of ether oxygens (including phenoxy) is 1. The van der Waals surface area contributed by atoms with Gasteiger partial charge in [0.25, 0.3) is 0 Å². The minimum atomic E-state index is 0.0195. The quantitative estimate of drug-likeness (QED) is 0.845. The minimum Gasteiger partial charge on any atom is -0.471 e. The van der Waals surface area contributed by atoms with E-state index in [-0.39, 0.29) is 12.0 Å². The number of likely N-dealkylation sites (tertiary alicyclic amines) is 2. The van der Waals surface area contributed by atoms with Gasteiger partial charge in [0.2, 0.25) is 11.8 Å². The van der Waals surface area contributed by atoms with E-state index in [9.17, 15) is 4.79 Å². The number of hydrogen-bond donors (Lipinski definition) is 0. The first-order valence-electron chi connectivity index (χ1n) is 8.56. The third kappa shape index (κ3) is 4.19. The van der Waals surface area contributed by atoms with Gasteiger partial charge in [-0.05, 0) is 52.3 Å². The number of piperidine rings is 2. The van der Waals surface area contributed by atoms with E-state index < -0.39 is 0 Å². The van der Waals surface area contributed by atoms with Crippen LogP contribution in [0.3, 0.4) is 0 Å². The van der Waals surface area contributed by atoms with Crippen LogP contribution in [-0.2, 0) is 4.79 Å². The number of aromatic nitrogens is 2. The predicted molar refractivity (Wildman–Crippen MR) is 87.2 cm³/mol. The standard InChI is InChI=1S/C17H26N4O2/c1-13-7-8-16(19-18-13)23-15-6-4-10-21(12-15)17(22)14-5-3-9-20(2)11-14/h7-8,14-15H,3-6,9-12H2,1-2H3. The van der Waals surface area contributed by atoms with Gasteiger partial charge in [-0.1, -0.05) is 0 Å². The molecule has 0 radical (unpaired) electrons. The molecule has 2 aliphatic rings. The Balaban J connectivity index is 1.57. The highest BCUT2D eigenvalue weighted by molar-refractivity contribution is 5.79. The van der Waals surface area contributed by atoms with Gasteiger partial charge in [-0.2, -0.15) is 5.10 Å². The molecule has 0 aromatic carbocycles. The molecule has 6 heteroatoms. The lowest BCUT2D eigenvalue weighted by molar-refractivity contribution is -0.139. The zero-order valence-corrected chi connectivity index (χ0v) is 14.1. The number of nitrogens with zero attached hydrogens (tertiary/aromatic N) is 4. The average Bonchev–Trinajstić information content (AvgIpc) is 2.56. The highest BCUT2D eigenvalue weighted by atomic mass is 16.5. The van der Waals surface area contributed by atoms with Crippen LogP contribution < -0.4 is 4.74 Å². The molecule has 2 saturated heterocycles. The second-order valence-electron chi connectivity index (χ2n) is 6.78. The molecule has 0 spiro atoms. The smallest absolute Gasteiger partial charge is 0.233 e. The number of hydrogen-bond acceptors (Lipinski definition) is 5. The molecule has 0 N–H and O–H groups in total. The predicted octanol–water partition coefficient (Wildman–Crippen LogP) is 1.50. The van der Waals surface area contributed by atoms with Crippen molar-refractivity contribution < 1.29 is 9.53 Å². The molecule has 23 heavy (non-hydrogen) atoms. The Kier molecular flexibility index (Phi) is 5.10. The van der Waals surface area contributed by atoms with Crippen LogP contribution in [0.1, 0.15) is 31.4 Å². The van der Waals surface area contributed by atoms with Crippen molar-refractivity contribution in [2.45, 2.75) is 38.7 Å². The van der Waals surface area contributed by atoms with Gasteiger partial charge in [0.05, 0.1) is 18.2 Å². The fourth-order valence-electron chi connectivity index (χ4n) is 3.48. The lowest BCUT2D eigenvalue weighted by atomic mass is 9.95. The molecule has 2 aliphatic heterocycles. The largest absolute Gasteiger partial charge is 0.471 e. The van der Waals surface area contributed by atoms with E-state index >= 15 is 0 Å². The molecule has 1 aromatic rings. The van der Waals surface area contributed by atoms with Crippen LogP contribution in [0.2, 0.25) is 0 Å². The summed E-state index contributed by atoms with van der Waals surface area (Å²) < 4.78 is 5.92. The normalized spacial score (nSPS) is 26.1. The van der Waals surface area contributed by atoms with Crippen molar-refractivity contribution in [3.63, 3.8) is 0 Å². The molecule has 6 nitrogen and oxygen atoms in total. The van der Waals surface area contributed by atoms with E-state index in [1.54, 1.807) is 0 Å². The van der Waals surface area contributed by atoms with Crippen LogP contribution in [-0.4, -0.2) is 65.2 Å². The van der Waals surface area contributed by atoms with E-state index in [4.69, 9.17) is 4.74 Å². The summed E-state index contributed by atoms with van der Waals surface area (Å²) in [6, 6.07) is 3.74. The van der Waals surface area contributed by atoms with Crippen molar-refractivity contribution in [2.75, 3.05) is 33.2 Å². The first-order chi connectivity index (χ1) is 11.1. The summed E-state index contributed by atoms with van der Waals surface area (Å²) in [5, 5.41) is 8.08. The first kappa shape index (κ1) is 16.2. The zero-order chi connectivity index (χ0) is 16.2. The van der Waals surface area contributed by atoms with Crippen molar-refractivity contribution >= 4 is 5.91 Å². The molecule has 0 saturated carbocycles. The van der Waals surface area contributed by atoms with E-state index in [1.165, 1.54) is 0 Å². The van der Waals surface area contributed by atoms with Crippen LogP contribution in [0, 0.1) is 12.8 Å². The Bertz CT molecular complexity index is 534. The highest BCUT2D eigenvalue weighted by Crippen LogP contribution is 2.22. The summed E-state index contributed by atoms with van der Waals surface area (Å²) in [6.07, 6.45) is 4.09. The van der Waals surface area contributed by atoms with Gasteiger partial charge < -0.3 is 14.5 Å². The Morgan fingerprint density at radius 2 is 2.00 bits per heavy atom. The Morgan fingerprint density at radius 1 is 1.17 bits per heavy atom. The minimum absolute atomic E-state index is 0.0195. The SMILES string of the molecule is Cc1ccc(OC2CCCN(C(=O)C3CCCN(C)C3)C2)nn1. The van der Waals surface area contributed by atoms with Gasteiger partial charge in [-0.15, -0.1) is 5.10 Å². The second kappa shape index (κ2) is 7.25. The van der Waals surface area contributed by atoms with Crippen molar-refractivity contribution in [2.24, 2.45) is 5.92 Å². The molecule has 126 valence electrons. The third-order valence-corrected chi connectivity index (χ3v) is 4.72. The molecule has 0 bridgehead atoms. The maximum absolute atomic E-state index is 12.8. The van der Waals surface area contributed by atoms with Gasteiger partial charge in [0.1, 0.15) is 6.10 Å². The molecule has 2 unspecified atom stereocenters. The summed E-state index contributed by atoms with van der Waals surface area (Å²) >= 11 is 0. The summed E-state index contributed by atoms with van der Waals surface area (Å²) in [5.41, 5.74) is 0.874. The van der Waals surface area contributed by atoms with Gasteiger partial charge in [-0.25, -0.2) is 0 Å². The molecular weight excluding hydrogens is 292 g/mol. The van der Waals surface area contributed by atoms with Crippen LogP contribution in [0.5, 0.6) is 5.88 Å². The number of aryl methyl sites for hydroxylation is 1. The average molecular weight is 318 g/mol. The molecule has 2 atom stereocenters. The molecule has 2 fully saturated rings. The van der Waals surface area contributed by atoms with Crippen molar-refractivity contribution in [3.8, 4) is 5.88 Å². The van der Waals surface area contributed by atoms with Gasteiger partial charge in [0, 0.05) is 19.2 Å². The molecule has 3 heterocycles. The fourth-order valence-corrected chi connectivity index (χ4v) is 3.48. The Morgan fingerprint density at radius 3 is 2.74 bits per heavy atom. The molecule has 1 aromatic heterocycles. The van der Waals surface area contributed by atoms with Gasteiger partial charge in [0.15, 0.2) is 0 Å². The van der Waals surface area contributed by atoms with Crippen molar-refractivity contribution in [1.29, 1.82) is 0 Å². The molecular formula is C17H26N4O2. The summed E-state index contributed by atoms with van der Waals surface area (Å²) in [5.74, 6) is 0.985. The van der Waals surface area contributed by atoms with E-state index in [0.717, 1.165) is 51.0 Å². The monoisotopic (exact) mass is 318 g/mol. The van der Waals surface area contributed by atoms with Crippen LogP contribution >= 0.6 is 0 Å². The number of amides is 1. The van der Waals surface area contributed by atoms with E-state index in [2.05, 4.69) is 22.1 Å². The topological polar surface area (TPSA) is 58.6 Å². The summed E-state index contributed by atoms with van der Waals surface area (Å²) in [4.78, 5) is 17.0. The van der Waals surface area contributed by atoms with Crippen LogP contribution in [0.15, 0.2) is 12.1 Å². The summed E-state index contributed by atoms with van der Waals surface area (Å²) in [6.45, 7) is 5.39. The van der Waals surface area contributed by atoms with Crippen LogP contribution in [0.25, 0.3) is 0 Å². The maximum Gasteiger partial charge on any atom is 0.233 e. The van der Waals surface area contributed by atoms with Gasteiger partial charge in [-0.3, -0.25) is 4.79 Å². The lowest BCUT2D eigenvalue weighted by Crippen LogP contribution is -2.49. The van der Waals surface area contributed by atoms with E-state index in [0.29, 0.717) is 18.3 Å². The second-order valence-corrected chi connectivity index (χ2v) is 6.78. The lowest BCUT2D eigenvalue weighted by Gasteiger charge is -2.37. The van der Waals surface area contributed by atoms with Crippen molar-refractivity contribution in [3.05, 3.63) is 17.8 Å². The first-order valence-corrected chi connectivity index (χ1v) is 8.56. The number of rotatable bonds is 3. The maximum atomic E-state index is 12.8. The van der Waals surface area contributed by atoms with Crippen LogP contribution in [0.4, 0.5) is 0 Å². The molecule has 0 aliphatic carbocycles. The van der Waals surface area contributed by atoms with Crippen molar-refractivity contribution in [1.82, 2.24) is 20.0 Å². The number of carbonyl (C=O) groups excluding carboxylic acids is 1. The Labute approximate surface area is 137 Å². The Hall–Kier alpha value is -1.69. The van der Waals surface area contributed by atoms with E-state index in [1.807, 2.05) is 24.0 Å².